The van der Waals surface area contributed by atoms with E-state index in [1.54, 1.807) is 0 Å². The number of nitrogens with one attached hydrogen (secondary N) is 3. The third-order valence-electron chi connectivity index (χ3n) is 4.04. The average molecular weight is 361 g/mol. The summed E-state index contributed by atoms with van der Waals surface area (Å²) < 4.78 is 0. The van der Waals surface area contributed by atoms with E-state index in [1.165, 1.54) is 83.5 Å². The van der Waals surface area contributed by atoms with Crippen molar-refractivity contribution in [3.05, 3.63) is 12.2 Å². The molecule has 0 aromatic rings. The van der Waals surface area contributed by atoms with Gasteiger partial charge in [0.25, 0.3) is 0 Å². The molecule has 0 saturated carbocycles. The van der Waals surface area contributed by atoms with Crippen LogP contribution >= 0.6 is 12.4 Å². The van der Waals surface area contributed by atoms with Crippen molar-refractivity contribution in [2.75, 3.05) is 6.54 Å². The Hall–Kier alpha value is -0.740. The van der Waals surface area contributed by atoms with Gasteiger partial charge in [0.05, 0.1) is 0 Å². The average Bonchev–Trinajstić information content (AvgIpc) is 2.53. The molecule has 0 saturated heterocycles. The standard InChI is InChI=1S/C19H40N4.ClH/c1-2-3-4-5-6-7-8-9-10-11-12-13-14-15-16-17-18-22-23-19(20)21;/h9-10,22H,2-8,11-18H2,1H3,(H4,20,21,23);1H/b10-9-;. The Labute approximate surface area is 156 Å². The minimum absolute atomic E-state index is 0. The molecule has 0 spiro atoms. The molecular formula is C19H41ClN4. The molecule has 0 unspecified atom stereocenters. The molecule has 5 heteroatoms. The quantitative estimate of drug-likeness (QED) is 0.0917. The van der Waals surface area contributed by atoms with E-state index in [4.69, 9.17) is 11.1 Å². The molecule has 0 aliphatic heterocycles. The van der Waals surface area contributed by atoms with Crippen LogP contribution in [0.4, 0.5) is 0 Å². The lowest BCUT2D eigenvalue weighted by atomic mass is 10.1. The van der Waals surface area contributed by atoms with Gasteiger partial charge in [-0.3, -0.25) is 10.8 Å². The number of guanidine groups is 1. The molecule has 24 heavy (non-hydrogen) atoms. The van der Waals surface area contributed by atoms with Gasteiger partial charge in [-0.2, -0.15) is 0 Å². The fraction of sp³-hybridized carbons (Fsp3) is 0.842. The summed E-state index contributed by atoms with van der Waals surface area (Å²) in [6.45, 7) is 3.15. The molecule has 4 nitrogen and oxygen atoms in total. The largest absolute Gasteiger partial charge is 0.369 e. The van der Waals surface area contributed by atoms with E-state index in [0.717, 1.165) is 13.0 Å². The Morgan fingerprint density at radius 1 is 0.792 bits per heavy atom. The van der Waals surface area contributed by atoms with Crippen molar-refractivity contribution >= 4 is 18.4 Å². The van der Waals surface area contributed by atoms with Crippen molar-refractivity contribution in [3.63, 3.8) is 0 Å². The van der Waals surface area contributed by atoms with Crippen LogP contribution in [0.3, 0.4) is 0 Å². The summed E-state index contributed by atoms with van der Waals surface area (Å²) in [7, 11) is 0. The summed E-state index contributed by atoms with van der Waals surface area (Å²) >= 11 is 0. The molecule has 0 aliphatic carbocycles. The van der Waals surface area contributed by atoms with E-state index in [0.29, 0.717) is 0 Å². The van der Waals surface area contributed by atoms with Gasteiger partial charge >= 0.3 is 0 Å². The maximum Gasteiger partial charge on any atom is 0.200 e. The number of hydrogen-bond donors (Lipinski definition) is 4. The first-order chi connectivity index (χ1) is 11.3. The van der Waals surface area contributed by atoms with Crippen LogP contribution in [-0.4, -0.2) is 12.5 Å². The number of rotatable bonds is 17. The van der Waals surface area contributed by atoms with Crippen molar-refractivity contribution in [2.45, 2.75) is 96.8 Å². The van der Waals surface area contributed by atoms with Crippen molar-refractivity contribution in [2.24, 2.45) is 5.73 Å². The molecule has 5 N–H and O–H groups in total. The highest BCUT2D eigenvalue weighted by atomic mass is 35.5. The van der Waals surface area contributed by atoms with Gasteiger partial charge in [-0.1, -0.05) is 76.9 Å². The number of hydrazine groups is 1. The SMILES string of the molecule is CCCCCCCC/C=C\CCCCCCCCNNC(=N)N.Cl. The van der Waals surface area contributed by atoms with Crippen LogP contribution in [0.15, 0.2) is 12.2 Å². The minimum atomic E-state index is -0.0189. The maximum absolute atomic E-state index is 6.99. The highest BCUT2D eigenvalue weighted by Gasteiger charge is 1.92. The minimum Gasteiger partial charge on any atom is -0.369 e. The Morgan fingerprint density at radius 3 is 1.75 bits per heavy atom. The van der Waals surface area contributed by atoms with Crippen molar-refractivity contribution < 1.29 is 0 Å². The summed E-state index contributed by atoms with van der Waals surface area (Å²) in [6, 6.07) is 0. The van der Waals surface area contributed by atoms with Crippen LogP contribution < -0.4 is 16.6 Å². The number of halogens is 1. The van der Waals surface area contributed by atoms with Crippen LogP contribution in [0.5, 0.6) is 0 Å². The van der Waals surface area contributed by atoms with Gasteiger partial charge in [0.15, 0.2) is 5.96 Å². The molecule has 0 atom stereocenters. The van der Waals surface area contributed by atoms with Crippen LogP contribution in [0.25, 0.3) is 0 Å². The number of allylic oxidation sites excluding steroid dienone is 2. The predicted octanol–water partition coefficient (Wildman–Crippen LogP) is 5.43. The third kappa shape index (κ3) is 23.5. The van der Waals surface area contributed by atoms with Crippen LogP contribution in [0.2, 0.25) is 0 Å². The molecule has 0 amide bonds. The predicted molar refractivity (Wildman–Crippen MR) is 110 cm³/mol. The second kappa shape index (κ2) is 22.3. The monoisotopic (exact) mass is 360 g/mol. The Kier molecular flexibility index (Phi) is 23.7. The van der Waals surface area contributed by atoms with Gasteiger partial charge in [-0.15, -0.1) is 12.4 Å². The first-order valence-corrected chi connectivity index (χ1v) is 9.75. The Bertz CT molecular complexity index is 283. The normalized spacial score (nSPS) is 10.7. The molecule has 0 bridgehead atoms. The van der Waals surface area contributed by atoms with E-state index in [-0.39, 0.29) is 18.4 Å². The van der Waals surface area contributed by atoms with Gasteiger partial charge in [-0.25, -0.2) is 5.43 Å². The molecule has 0 aromatic heterocycles. The van der Waals surface area contributed by atoms with Gasteiger partial charge in [0.2, 0.25) is 0 Å². The smallest absolute Gasteiger partial charge is 0.200 e. The molecule has 0 fully saturated rings. The van der Waals surface area contributed by atoms with Crippen molar-refractivity contribution in [1.82, 2.24) is 10.9 Å². The zero-order valence-electron chi connectivity index (χ0n) is 15.7. The zero-order valence-corrected chi connectivity index (χ0v) is 16.6. The summed E-state index contributed by atoms with van der Waals surface area (Å²) in [4.78, 5) is 0. The molecule has 0 rings (SSSR count). The lowest BCUT2D eigenvalue weighted by molar-refractivity contribution is 0.553. The topological polar surface area (TPSA) is 73.9 Å². The first-order valence-electron chi connectivity index (χ1n) is 9.75. The fourth-order valence-corrected chi connectivity index (χ4v) is 2.62. The lowest BCUT2D eigenvalue weighted by Gasteiger charge is -2.05. The first kappa shape index (κ1) is 25.5. The van der Waals surface area contributed by atoms with Crippen molar-refractivity contribution in [3.8, 4) is 0 Å². The maximum atomic E-state index is 6.99. The number of hydrogen-bond acceptors (Lipinski definition) is 2. The Balaban J connectivity index is 0. The van der Waals surface area contributed by atoms with E-state index in [9.17, 15) is 0 Å². The highest BCUT2D eigenvalue weighted by Crippen LogP contribution is 2.09. The second-order valence-electron chi connectivity index (χ2n) is 6.40. The zero-order chi connectivity index (χ0) is 17.0. The summed E-state index contributed by atoms with van der Waals surface area (Å²) in [6.07, 6.45) is 23.4. The molecule has 0 aliphatic rings. The van der Waals surface area contributed by atoms with Crippen LogP contribution in [0, 0.1) is 5.41 Å². The molecule has 0 heterocycles. The van der Waals surface area contributed by atoms with Gasteiger partial charge < -0.3 is 5.73 Å². The summed E-state index contributed by atoms with van der Waals surface area (Å²) in [5, 5.41) is 6.99. The van der Waals surface area contributed by atoms with Crippen LogP contribution in [-0.2, 0) is 0 Å². The van der Waals surface area contributed by atoms with Crippen LogP contribution in [0.1, 0.15) is 96.8 Å². The van der Waals surface area contributed by atoms with E-state index in [1.807, 2.05) is 0 Å². The lowest BCUT2D eigenvalue weighted by Crippen LogP contribution is -2.41. The van der Waals surface area contributed by atoms with E-state index in [2.05, 4.69) is 29.9 Å². The number of nitrogens with two attached hydrogens (primary N) is 1. The van der Waals surface area contributed by atoms with Gasteiger partial charge in [-0.05, 0) is 32.1 Å². The molecule has 144 valence electrons. The second-order valence-corrected chi connectivity index (χ2v) is 6.40. The van der Waals surface area contributed by atoms with E-state index >= 15 is 0 Å². The fourth-order valence-electron chi connectivity index (χ4n) is 2.62. The summed E-state index contributed by atoms with van der Waals surface area (Å²) in [5.74, 6) is -0.0189. The van der Waals surface area contributed by atoms with Gasteiger partial charge in [0, 0.05) is 6.54 Å². The van der Waals surface area contributed by atoms with E-state index < -0.39 is 0 Å². The molecule has 0 aromatic carbocycles. The molecule has 0 radical (unpaired) electrons. The van der Waals surface area contributed by atoms with Crippen molar-refractivity contribution in [1.29, 1.82) is 5.41 Å². The molecular weight excluding hydrogens is 320 g/mol. The Morgan fingerprint density at radius 2 is 1.25 bits per heavy atom. The van der Waals surface area contributed by atoms with Gasteiger partial charge in [0.1, 0.15) is 0 Å². The summed E-state index contributed by atoms with van der Waals surface area (Å²) in [5.41, 5.74) is 10.7. The highest BCUT2D eigenvalue weighted by molar-refractivity contribution is 5.85. The number of unbranched alkanes of at least 4 members (excludes halogenated alkanes) is 12. The third-order valence-corrected chi connectivity index (χ3v) is 4.04.